The number of carbonyl (C=O) groups is 1. The van der Waals surface area contributed by atoms with Gasteiger partial charge in [0.2, 0.25) is 10.0 Å². The highest BCUT2D eigenvalue weighted by atomic mass is 32.2. The third-order valence-corrected chi connectivity index (χ3v) is 7.32. The maximum absolute atomic E-state index is 13.0. The van der Waals surface area contributed by atoms with Crippen LogP contribution in [0.15, 0.2) is 47.4 Å². The van der Waals surface area contributed by atoms with Crippen LogP contribution in [0.1, 0.15) is 29.6 Å². The van der Waals surface area contributed by atoms with Crippen LogP contribution in [-0.2, 0) is 10.0 Å². The molecule has 166 valence electrons. The van der Waals surface area contributed by atoms with E-state index < -0.39 is 15.9 Å². The van der Waals surface area contributed by atoms with E-state index in [1.807, 2.05) is 18.2 Å². The first-order valence-corrected chi connectivity index (χ1v) is 11.8. The Hall–Kier alpha value is -2.78. The molecular weight excluding hydrogens is 420 g/mol. The second kappa shape index (κ2) is 9.15. The Kier molecular flexibility index (Phi) is 6.33. The molecule has 1 amide bonds. The summed E-state index contributed by atoms with van der Waals surface area (Å²) in [6, 6.07) is 11.7. The number of nitrogens with zero attached hydrogens (tertiary/aromatic N) is 1. The van der Waals surface area contributed by atoms with Crippen LogP contribution in [0.3, 0.4) is 0 Å². The van der Waals surface area contributed by atoms with Gasteiger partial charge in [-0.2, -0.15) is 4.31 Å². The van der Waals surface area contributed by atoms with Crippen molar-refractivity contribution in [1.29, 1.82) is 0 Å². The molecule has 0 radical (unpaired) electrons. The summed E-state index contributed by atoms with van der Waals surface area (Å²) in [7, 11) is -2.21. The van der Waals surface area contributed by atoms with Crippen molar-refractivity contribution in [1.82, 2.24) is 9.62 Å². The van der Waals surface area contributed by atoms with Gasteiger partial charge in [0.15, 0.2) is 11.5 Å². The van der Waals surface area contributed by atoms with Crippen molar-refractivity contribution in [3.63, 3.8) is 0 Å². The Morgan fingerprint density at radius 2 is 1.87 bits per heavy atom. The van der Waals surface area contributed by atoms with E-state index in [-0.39, 0.29) is 23.1 Å². The largest absolute Gasteiger partial charge is 0.496 e. The molecule has 1 atom stereocenters. The van der Waals surface area contributed by atoms with Gasteiger partial charge in [0.05, 0.1) is 24.1 Å². The fraction of sp³-hybridized carbons (Fsp3) is 0.409. The highest BCUT2D eigenvalue weighted by Crippen LogP contribution is 2.31. The van der Waals surface area contributed by atoms with Crippen molar-refractivity contribution in [2.45, 2.75) is 30.3 Å². The predicted molar refractivity (Wildman–Crippen MR) is 114 cm³/mol. The quantitative estimate of drug-likeness (QED) is 0.733. The average molecular weight is 447 g/mol. The number of para-hydroxylation sites is 2. The van der Waals surface area contributed by atoms with E-state index in [4.69, 9.17) is 14.2 Å². The number of methoxy groups -OCH3 is 1. The van der Waals surface area contributed by atoms with Gasteiger partial charge in [-0.3, -0.25) is 4.79 Å². The topological polar surface area (TPSA) is 94.2 Å². The van der Waals surface area contributed by atoms with E-state index in [2.05, 4.69) is 5.32 Å². The van der Waals surface area contributed by atoms with Crippen LogP contribution in [0.4, 0.5) is 0 Å². The second-order valence-electron chi connectivity index (χ2n) is 7.53. The van der Waals surface area contributed by atoms with Gasteiger partial charge in [-0.05, 0) is 43.2 Å². The molecule has 9 heteroatoms. The van der Waals surface area contributed by atoms with Crippen LogP contribution in [0, 0.1) is 0 Å². The molecule has 4 rings (SSSR count). The third-order valence-electron chi connectivity index (χ3n) is 5.43. The van der Waals surface area contributed by atoms with E-state index in [1.165, 1.54) is 29.6 Å². The van der Waals surface area contributed by atoms with E-state index >= 15 is 0 Å². The summed E-state index contributed by atoms with van der Waals surface area (Å²) in [5, 5.41) is 2.80. The molecule has 2 aliphatic heterocycles. The molecule has 1 N–H and O–H groups in total. The zero-order valence-corrected chi connectivity index (χ0v) is 18.2. The van der Waals surface area contributed by atoms with Gasteiger partial charge in [-0.1, -0.05) is 18.6 Å². The van der Waals surface area contributed by atoms with E-state index in [0.717, 1.165) is 19.3 Å². The Balaban J connectivity index is 1.48. The molecule has 2 heterocycles. The van der Waals surface area contributed by atoms with Crippen LogP contribution < -0.4 is 19.5 Å². The molecule has 0 aromatic heterocycles. The maximum Gasteiger partial charge on any atom is 0.255 e. The van der Waals surface area contributed by atoms with Crippen molar-refractivity contribution in [3.05, 3.63) is 48.0 Å². The summed E-state index contributed by atoms with van der Waals surface area (Å²) in [5.41, 5.74) is 0.165. The summed E-state index contributed by atoms with van der Waals surface area (Å²) in [6.45, 7) is 1.50. The lowest BCUT2D eigenvalue weighted by molar-refractivity contribution is 0.0787. The summed E-state index contributed by atoms with van der Waals surface area (Å²) in [6.07, 6.45) is 2.36. The number of nitrogens with one attached hydrogen (secondary N) is 1. The number of amides is 1. The van der Waals surface area contributed by atoms with Gasteiger partial charge in [-0.25, -0.2) is 8.42 Å². The molecule has 0 spiro atoms. The minimum Gasteiger partial charge on any atom is -0.496 e. The monoisotopic (exact) mass is 446 g/mol. The normalized spacial score (nSPS) is 18.9. The molecule has 0 bridgehead atoms. The van der Waals surface area contributed by atoms with Crippen molar-refractivity contribution in [2.75, 3.05) is 33.4 Å². The molecule has 2 aromatic carbocycles. The smallest absolute Gasteiger partial charge is 0.255 e. The number of rotatable bonds is 6. The number of ether oxygens (including phenoxy) is 3. The molecule has 0 aliphatic carbocycles. The first-order chi connectivity index (χ1) is 15.0. The molecule has 2 aromatic rings. The SMILES string of the molecule is COc1ccc(S(=O)(=O)N2CCCCC2)cc1C(=O)NC[C@@H]1COc2ccccc2O1. The highest BCUT2D eigenvalue weighted by Gasteiger charge is 2.28. The molecule has 0 saturated carbocycles. The Labute approximate surface area is 182 Å². The predicted octanol–water partition coefficient (Wildman–Crippen LogP) is 2.44. The highest BCUT2D eigenvalue weighted by molar-refractivity contribution is 7.89. The third kappa shape index (κ3) is 4.62. The summed E-state index contributed by atoms with van der Waals surface area (Å²) >= 11 is 0. The number of piperidine rings is 1. The second-order valence-corrected chi connectivity index (χ2v) is 9.47. The summed E-state index contributed by atoms with van der Waals surface area (Å²) in [5.74, 6) is 1.17. The first kappa shape index (κ1) is 21.5. The lowest BCUT2D eigenvalue weighted by Crippen LogP contribution is -2.41. The van der Waals surface area contributed by atoms with Crippen molar-refractivity contribution < 1.29 is 27.4 Å². The van der Waals surface area contributed by atoms with Gasteiger partial charge in [0.25, 0.3) is 5.91 Å². The fourth-order valence-corrected chi connectivity index (χ4v) is 5.29. The van der Waals surface area contributed by atoms with Gasteiger partial charge < -0.3 is 19.5 Å². The lowest BCUT2D eigenvalue weighted by Gasteiger charge is -2.27. The number of hydrogen-bond donors (Lipinski definition) is 1. The van der Waals surface area contributed by atoms with E-state index in [1.54, 1.807) is 6.07 Å². The Morgan fingerprint density at radius 3 is 2.61 bits per heavy atom. The Bertz CT molecular complexity index is 1050. The maximum atomic E-state index is 13.0. The molecule has 31 heavy (non-hydrogen) atoms. The van der Waals surface area contributed by atoms with Gasteiger partial charge in [0, 0.05) is 13.1 Å². The summed E-state index contributed by atoms with van der Waals surface area (Å²) < 4.78 is 44.3. The van der Waals surface area contributed by atoms with E-state index in [9.17, 15) is 13.2 Å². The van der Waals surface area contributed by atoms with Crippen LogP contribution in [0.5, 0.6) is 17.2 Å². The van der Waals surface area contributed by atoms with E-state index in [0.29, 0.717) is 36.9 Å². The molecule has 2 aliphatic rings. The van der Waals surface area contributed by atoms with Gasteiger partial charge >= 0.3 is 0 Å². The summed E-state index contributed by atoms with van der Waals surface area (Å²) in [4.78, 5) is 13.0. The number of benzene rings is 2. The molecular formula is C22H26N2O6S. The van der Waals surface area contributed by atoms with Crippen LogP contribution >= 0.6 is 0 Å². The minimum atomic E-state index is -3.66. The fourth-order valence-electron chi connectivity index (χ4n) is 3.74. The minimum absolute atomic E-state index is 0.0894. The average Bonchev–Trinajstić information content (AvgIpc) is 2.82. The molecule has 1 fully saturated rings. The molecule has 8 nitrogen and oxygen atoms in total. The molecule has 0 unspecified atom stereocenters. The van der Waals surface area contributed by atoms with Crippen LogP contribution in [-0.4, -0.2) is 58.1 Å². The Morgan fingerprint density at radius 1 is 1.13 bits per heavy atom. The lowest BCUT2D eigenvalue weighted by atomic mass is 10.2. The van der Waals surface area contributed by atoms with Crippen LogP contribution in [0.25, 0.3) is 0 Å². The van der Waals surface area contributed by atoms with Crippen molar-refractivity contribution in [2.24, 2.45) is 0 Å². The number of hydrogen-bond acceptors (Lipinski definition) is 6. The van der Waals surface area contributed by atoms with Crippen LogP contribution in [0.2, 0.25) is 0 Å². The zero-order valence-electron chi connectivity index (χ0n) is 17.4. The zero-order chi connectivity index (χ0) is 21.8. The van der Waals surface area contributed by atoms with Crippen molar-refractivity contribution in [3.8, 4) is 17.2 Å². The number of sulfonamides is 1. The number of fused-ring (bicyclic) bond motifs is 1. The standard InChI is InChI=1S/C22H26N2O6S/c1-28-19-10-9-17(31(26,27)24-11-5-2-6-12-24)13-18(19)22(25)23-14-16-15-29-20-7-3-4-8-21(20)30-16/h3-4,7-10,13,16H,2,5-6,11-12,14-15H2,1H3,(H,23,25)/t16-/m1/s1. The number of carbonyl (C=O) groups excluding carboxylic acids is 1. The van der Waals surface area contributed by atoms with Crippen molar-refractivity contribution >= 4 is 15.9 Å². The van der Waals surface area contributed by atoms with Gasteiger partial charge in [-0.15, -0.1) is 0 Å². The van der Waals surface area contributed by atoms with Gasteiger partial charge in [0.1, 0.15) is 18.5 Å². The first-order valence-electron chi connectivity index (χ1n) is 10.3. The molecule has 1 saturated heterocycles.